The number of likely N-dealkylation sites (N-methyl/N-ethyl adjacent to an activating group) is 1. The van der Waals surface area contributed by atoms with Gasteiger partial charge in [0.2, 0.25) is 0 Å². The monoisotopic (exact) mass is 275 g/mol. The van der Waals surface area contributed by atoms with Crippen molar-refractivity contribution in [3.63, 3.8) is 0 Å². The molecule has 0 atom stereocenters. The number of benzene rings is 1. The number of rotatable bonds is 8. The summed E-state index contributed by atoms with van der Waals surface area (Å²) in [4.78, 5) is 4.99. The number of nitrogens with zero attached hydrogens (tertiary/aromatic N) is 2. The zero-order valence-corrected chi connectivity index (χ0v) is 13.1. The van der Waals surface area contributed by atoms with Gasteiger partial charge in [0.15, 0.2) is 0 Å². The third-order valence-corrected chi connectivity index (χ3v) is 4.26. The van der Waals surface area contributed by atoms with Gasteiger partial charge in [-0.3, -0.25) is 0 Å². The van der Waals surface area contributed by atoms with Crippen LogP contribution in [0.25, 0.3) is 0 Å². The van der Waals surface area contributed by atoms with Crippen molar-refractivity contribution in [3.05, 3.63) is 29.8 Å². The summed E-state index contributed by atoms with van der Waals surface area (Å²) in [6.45, 7) is 12.4. The van der Waals surface area contributed by atoms with E-state index in [0.29, 0.717) is 0 Å². The van der Waals surface area contributed by atoms with Crippen LogP contribution in [0.4, 0.5) is 5.69 Å². The SMILES string of the molecule is CCN(CC)CCNCCN1CCCc2ccccc21. The predicted molar refractivity (Wildman–Crippen MR) is 87.6 cm³/mol. The molecule has 0 unspecified atom stereocenters. The smallest absolute Gasteiger partial charge is 0.0399 e. The van der Waals surface area contributed by atoms with Crippen molar-refractivity contribution in [3.8, 4) is 0 Å². The number of hydrogen-bond acceptors (Lipinski definition) is 3. The fourth-order valence-electron chi connectivity index (χ4n) is 2.96. The minimum Gasteiger partial charge on any atom is -0.370 e. The van der Waals surface area contributed by atoms with E-state index >= 15 is 0 Å². The molecule has 3 nitrogen and oxygen atoms in total. The molecule has 0 bridgehead atoms. The number of aryl methyl sites for hydroxylation is 1. The van der Waals surface area contributed by atoms with Crippen molar-refractivity contribution in [1.82, 2.24) is 10.2 Å². The molecule has 0 fully saturated rings. The molecule has 3 heteroatoms. The van der Waals surface area contributed by atoms with Gasteiger partial charge < -0.3 is 15.1 Å². The molecule has 1 aliphatic heterocycles. The first-order valence-corrected chi connectivity index (χ1v) is 8.11. The standard InChI is InChI=1S/C17H29N3/c1-3-19(4-2)14-11-18-12-15-20-13-7-9-16-8-5-6-10-17(16)20/h5-6,8,10,18H,3-4,7,9,11-15H2,1-2H3. The molecule has 1 aliphatic rings. The van der Waals surface area contributed by atoms with Crippen molar-refractivity contribution < 1.29 is 0 Å². The Hall–Kier alpha value is -1.06. The second-order valence-corrected chi connectivity index (χ2v) is 5.50. The van der Waals surface area contributed by atoms with Crippen LogP contribution in [-0.4, -0.2) is 50.7 Å². The molecule has 1 N–H and O–H groups in total. The third kappa shape index (κ3) is 4.22. The highest BCUT2D eigenvalue weighted by molar-refractivity contribution is 5.55. The Labute approximate surface area is 124 Å². The minimum atomic E-state index is 1.08. The average molecular weight is 275 g/mol. The highest BCUT2D eigenvalue weighted by Gasteiger charge is 2.15. The van der Waals surface area contributed by atoms with Gasteiger partial charge in [0.1, 0.15) is 0 Å². The topological polar surface area (TPSA) is 18.5 Å². The Bertz CT molecular complexity index is 388. The maximum absolute atomic E-state index is 3.58. The quantitative estimate of drug-likeness (QED) is 0.735. The van der Waals surface area contributed by atoms with Gasteiger partial charge in [-0.15, -0.1) is 0 Å². The first kappa shape index (κ1) is 15.3. The van der Waals surface area contributed by atoms with Crippen molar-refractivity contribution in [2.24, 2.45) is 0 Å². The Kier molecular flexibility index (Phi) is 6.34. The van der Waals surface area contributed by atoms with E-state index in [1.54, 1.807) is 0 Å². The van der Waals surface area contributed by atoms with Crippen LogP contribution in [0.5, 0.6) is 0 Å². The second-order valence-electron chi connectivity index (χ2n) is 5.50. The average Bonchev–Trinajstić information content (AvgIpc) is 2.51. The molecule has 2 rings (SSSR count). The van der Waals surface area contributed by atoms with E-state index in [9.17, 15) is 0 Å². The molecule has 0 spiro atoms. The van der Waals surface area contributed by atoms with Gasteiger partial charge in [0.05, 0.1) is 0 Å². The van der Waals surface area contributed by atoms with E-state index in [0.717, 1.165) is 39.3 Å². The highest BCUT2D eigenvalue weighted by Crippen LogP contribution is 2.25. The lowest BCUT2D eigenvalue weighted by atomic mass is 10.0. The van der Waals surface area contributed by atoms with Gasteiger partial charge in [0.25, 0.3) is 0 Å². The van der Waals surface area contributed by atoms with Crippen molar-refractivity contribution in [2.45, 2.75) is 26.7 Å². The van der Waals surface area contributed by atoms with Gasteiger partial charge in [-0.25, -0.2) is 0 Å². The minimum absolute atomic E-state index is 1.08. The Balaban J connectivity index is 1.70. The van der Waals surface area contributed by atoms with E-state index in [1.165, 1.54) is 30.6 Å². The van der Waals surface area contributed by atoms with Crippen LogP contribution in [0.2, 0.25) is 0 Å². The normalized spacial score (nSPS) is 14.7. The Morgan fingerprint density at radius 2 is 1.95 bits per heavy atom. The van der Waals surface area contributed by atoms with Gasteiger partial charge in [-0.2, -0.15) is 0 Å². The lowest BCUT2D eigenvalue weighted by Crippen LogP contribution is -2.38. The summed E-state index contributed by atoms with van der Waals surface area (Å²) < 4.78 is 0. The lowest BCUT2D eigenvalue weighted by Gasteiger charge is -2.31. The fourth-order valence-corrected chi connectivity index (χ4v) is 2.96. The summed E-state index contributed by atoms with van der Waals surface area (Å²) in [7, 11) is 0. The van der Waals surface area contributed by atoms with Crippen LogP contribution < -0.4 is 10.2 Å². The number of anilines is 1. The molecular formula is C17H29N3. The first-order valence-electron chi connectivity index (χ1n) is 8.11. The zero-order valence-electron chi connectivity index (χ0n) is 13.1. The second kappa shape index (κ2) is 8.28. The summed E-state index contributed by atoms with van der Waals surface area (Å²) >= 11 is 0. The predicted octanol–water partition coefficient (Wildman–Crippen LogP) is 2.37. The summed E-state index contributed by atoms with van der Waals surface area (Å²) in [5, 5.41) is 3.58. The van der Waals surface area contributed by atoms with E-state index in [4.69, 9.17) is 0 Å². The maximum Gasteiger partial charge on any atom is 0.0399 e. The molecule has 1 heterocycles. The molecule has 0 saturated heterocycles. The van der Waals surface area contributed by atoms with Gasteiger partial charge >= 0.3 is 0 Å². The van der Waals surface area contributed by atoms with Crippen LogP contribution in [-0.2, 0) is 6.42 Å². The molecule has 0 radical (unpaired) electrons. The molecule has 112 valence electrons. The fraction of sp³-hybridized carbons (Fsp3) is 0.647. The van der Waals surface area contributed by atoms with Crippen LogP contribution in [0.3, 0.4) is 0 Å². The Morgan fingerprint density at radius 3 is 2.75 bits per heavy atom. The number of fused-ring (bicyclic) bond motifs is 1. The molecular weight excluding hydrogens is 246 g/mol. The first-order chi connectivity index (χ1) is 9.85. The van der Waals surface area contributed by atoms with E-state index in [2.05, 4.69) is 53.2 Å². The van der Waals surface area contributed by atoms with E-state index in [1.807, 2.05) is 0 Å². The van der Waals surface area contributed by atoms with Gasteiger partial charge in [0, 0.05) is 38.4 Å². The summed E-state index contributed by atoms with van der Waals surface area (Å²) in [5.74, 6) is 0. The van der Waals surface area contributed by atoms with Crippen molar-refractivity contribution >= 4 is 5.69 Å². The number of nitrogens with one attached hydrogen (secondary N) is 1. The van der Waals surface area contributed by atoms with Crippen LogP contribution in [0, 0.1) is 0 Å². The lowest BCUT2D eigenvalue weighted by molar-refractivity contribution is 0.303. The van der Waals surface area contributed by atoms with Gasteiger partial charge in [-0.05, 0) is 37.6 Å². The van der Waals surface area contributed by atoms with E-state index in [-0.39, 0.29) is 0 Å². The summed E-state index contributed by atoms with van der Waals surface area (Å²) in [5.41, 5.74) is 2.96. The Morgan fingerprint density at radius 1 is 1.15 bits per heavy atom. The molecule has 0 amide bonds. The number of hydrogen-bond donors (Lipinski definition) is 1. The number of para-hydroxylation sites is 1. The highest BCUT2D eigenvalue weighted by atomic mass is 15.2. The molecule has 0 aliphatic carbocycles. The molecule has 1 aromatic rings. The van der Waals surface area contributed by atoms with E-state index < -0.39 is 0 Å². The molecule has 0 saturated carbocycles. The van der Waals surface area contributed by atoms with Crippen molar-refractivity contribution in [1.29, 1.82) is 0 Å². The van der Waals surface area contributed by atoms with Crippen molar-refractivity contribution in [2.75, 3.05) is 50.7 Å². The largest absolute Gasteiger partial charge is 0.370 e. The summed E-state index contributed by atoms with van der Waals surface area (Å²) in [6, 6.07) is 8.86. The zero-order chi connectivity index (χ0) is 14.2. The molecule has 20 heavy (non-hydrogen) atoms. The molecule has 1 aromatic carbocycles. The maximum atomic E-state index is 3.58. The molecule has 0 aromatic heterocycles. The van der Waals surface area contributed by atoms with Crippen LogP contribution >= 0.6 is 0 Å². The van der Waals surface area contributed by atoms with Crippen LogP contribution in [0.1, 0.15) is 25.8 Å². The summed E-state index contributed by atoms with van der Waals surface area (Å²) in [6.07, 6.45) is 2.53. The third-order valence-electron chi connectivity index (χ3n) is 4.26. The van der Waals surface area contributed by atoms with Gasteiger partial charge in [-0.1, -0.05) is 32.0 Å². The van der Waals surface area contributed by atoms with Crippen LogP contribution in [0.15, 0.2) is 24.3 Å².